The van der Waals surface area contributed by atoms with Crippen LogP contribution in [0.25, 0.3) is 10.9 Å². The van der Waals surface area contributed by atoms with Crippen molar-refractivity contribution in [2.45, 2.75) is 13.1 Å². The fourth-order valence-corrected chi connectivity index (χ4v) is 2.64. The molecule has 0 aliphatic carbocycles. The first kappa shape index (κ1) is 20.0. The lowest BCUT2D eigenvalue weighted by atomic mass is 10.1. The van der Waals surface area contributed by atoms with Gasteiger partial charge in [0.1, 0.15) is 5.75 Å². The van der Waals surface area contributed by atoms with E-state index < -0.39 is 0 Å². The Hall–Kier alpha value is -2.35. The Morgan fingerprint density at radius 3 is 2.46 bits per heavy atom. The molecule has 6 heteroatoms. The van der Waals surface area contributed by atoms with Crippen molar-refractivity contribution in [3.8, 4) is 5.75 Å². The van der Waals surface area contributed by atoms with Crippen LogP contribution in [0.3, 0.4) is 0 Å². The Labute approximate surface area is 170 Å². The molecule has 0 bridgehead atoms. The molecule has 26 heavy (non-hydrogen) atoms. The lowest BCUT2D eigenvalue weighted by molar-refractivity contribution is 0.414. The predicted octanol–water partition coefficient (Wildman–Crippen LogP) is 3.73. The van der Waals surface area contributed by atoms with Crippen LogP contribution in [0.15, 0.2) is 65.8 Å². The highest BCUT2D eigenvalue weighted by molar-refractivity contribution is 14.0. The number of halogens is 1. The molecular formula is C20H23IN4O. The Morgan fingerprint density at radius 2 is 1.73 bits per heavy atom. The van der Waals surface area contributed by atoms with E-state index in [1.165, 1.54) is 5.56 Å². The van der Waals surface area contributed by atoms with E-state index in [1.54, 1.807) is 14.2 Å². The lowest BCUT2D eigenvalue weighted by Gasteiger charge is -2.13. The van der Waals surface area contributed by atoms with Crippen LogP contribution in [-0.4, -0.2) is 25.1 Å². The van der Waals surface area contributed by atoms with Gasteiger partial charge in [-0.2, -0.15) is 0 Å². The number of methoxy groups -OCH3 is 1. The van der Waals surface area contributed by atoms with Gasteiger partial charge >= 0.3 is 0 Å². The van der Waals surface area contributed by atoms with Gasteiger partial charge in [0.2, 0.25) is 0 Å². The first-order valence-electron chi connectivity index (χ1n) is 8.20. The van der Waals surface area contributed by atoms with Crippen LogP contribution in [0.2, 0.25) is 0 Å². The average Bonchev–Trinajstić information content (AvgIpc) is 2.68. The highest BCUT2D eigenvalue weighted by Crippen LogP contribution is 2.15. The molecule has 0 saturated carbocycles. The molecule has 1 heterocycles. The van der Waals surface area contributed by atoms with Crippen LogP contribution >= 0.6 is 24.0 Å². The topological polar surface area (TPSA) is 58.5 Å². The van der Waals surface area contributed by atoms with E-state index >= 15 is 0 Å². The minimum absolute atomic E-state index is 0. The second kappa shape index (κ2) is 9.96. The fourth-order valence-electron chi connectivity index (χ4n) is 2.64. The van der Waals surface area contributed by atoms with Gasteiger partial charge in [0.15, 0.2) is 5.96 Å². The fraction of sp³-hybridized carbons (Fsp3) is 0.200. The van der Waals surface area contributed by atoms with E-state index in [-0.39, 0.29) is 24.0 Å². The van der Waals surface area contributed by atoms with Crippen molar-refractivity contribution >= 4 is 40.8 Å². The Balaban J connectivity index is 0.00000243. The van der Waals surface area contributed by atoms with E-state index in [9.17, 15) is 0 Å². The molecule has 5 nitrogen and oxygen atoms in total. The number of hydrogen-bond acceptors (Lipinski definition) is 3. The van der Waals surface area contributed by atoms with Gasteiger partial charge in [0, 0.05) is 31.7 Å². The summed E-state index contributed by atoms with van der Waals surface area (Å²) in [6.07, 6.45) is 1.84. The van der Waals surface area contributed by atoms with Gasteiger partial charge in [-0.3, -0.25) is 9.98 Å². The first-order chi connectivity index (χ1) is 12.3. The third-order valence-corrected chi connectivity index (χ3v) is 4.03. The number of pyridine rings is 1. The highest BCUT2D eigenvalue weighted by atomic mass is 127. The van der Waals surface area contributed by atoms with Crippen LogP contribution in [0.5, 0.6) is 5.75 Å². The molecule has 3 aromatic rings. The minimum atomic E-state index is 0. The van der Waals surface area contributed by atoms with Gasteiger partial charge in [0.25, 0.3) is 0 Å². The van der Waals surface area contributed by atoms with Gasteiger partial charge in [0.05, 0.1) is 12.6 Å². The molecule has 0 saturated heterocycles. The van der Waals surface area contributed by atoms with Crippen LogP contribution in [0.4, 0.5) is 0 Å². The number of nitrogens with one attached hydrogen (secondary N) is 2. The molecule has 0 spiro atoms. The molecule has 0 fully saturated rings. The number of guanidine groups is 1. The molecule has 136 valence electrons. The molecule has 0 unspecified atom stereocenters. The molecule has 2 aromatic carbocycles. The summed E-state index contributed by atoms with van der Waals surface area (Å²) in [5.74, 6) is 1.62. The Bertz CT molecular complexity index is 860. The molecule has 2 N–H and O–H groups in total. The number of aromatic nitrogens is 1. The molecule has 0 aliphatic heterocycles. The monoisotopic (exact) mass is 462 g/mol. The zero-order valence-electron chi connectivity index (χ0n) is 14.9. The van der Waals surface area contributed by atoms with E-state index in [0.29, 0.717) is 13.1 Å². The second-order valence-electron chi connectivity index (χ2n) is 5.61. The minimum Gasteiger partial charge on any atom is -0.497 e. The van der Waals surface area contributed by atoms with E-state index in [1.807, 2.05) is 54.7 Å². The number of fused-ring (bicyclic) bond motifs is 1. The van der Waals surface area contributed by atoms with Crippen LogP contribution in [0.1, 0.15) is 11.1 Å². The van der Waals surface area contributed by atoms with E-state index in [4.69, 9.17) is 4.74 Å². The number of aliphatic imine (C=N–C) groups is 1. The quantitative estimate of drug-likeness (QED) is 0.345. The van der Waals surface area contributed by atoms with Crippen molar-refractivity contribution < 1.29 is 4.74 Å². The summed E-state index contributed by atoms with van der Waals surface area (Å²) in [5, 5.41) is 7.84. The molecule has 0 amide bonds. The van der Waals surface area contributed by atoms with Gasteiger partial charge < -0.3 is 15.4 Å². The molecular weight excluding hydrogens is 439 g/mol. The predicted molar refractivity (Wildman–Crippen MR) is 117 cm³/mol. The van der Waals surface area contributed by atoms with Crippen molar-refractivity contribution in [1.29, 1.82) is 0 Å². The van der Waals surface area contributed by atoms with Crippen molar-refractivity contribution in [1.82, 2.24) is 15.6 Å². The summed E-state index contributed by atoms with van der Waals surface area (Å²) in [7, 11) is 3.44. The van der Waals surface area contributed by atoms with E-state index in [2.05, 4.69) is 26.7 Å². The SMILES string of the molecule is CN=C(NCc1ccc(OC)cc1)NCc1ccnc2ccccc12.I. The summed E-state index contributed by atoms with van der Waals surface area (Å²) < 4.78 is 5.18. The molecule has 0 radical (unpaired) electrons. The lowest BCUT2D eigenvalue weighted by Crippen LogP contribution is -2.36. The maximum absolute atomic E-state index is 5.18. The number of benzene rings is 2. The number of rotatable bonds is 5. The summed E-state index contributed by atoms with van der Waals surface area (Å²) in [4.78, 5) is 8.68. The standard InChI is InChI=1S/C20H22N4O.HI/c1-21-20(23-13-15-7-9-17(25-2)10-8-15)24-14-16-11-12-22-19-6-4-3-5-18(16)19;/h3-12H,13-14H2,1-2H3,(H2,21,23,24);1H. The van der Waals surface area contributed by atoms with Gasteiger partial charge in [-0.25, -0.2) is 0 Å². The number of nitrogens with zero attached hydrogens (tertiary/aromatic N) is 2. The third-order valence-electron chi connectivity index (χ3n) is 4.03. The maximum atomic E-state index is 5.18. The van der Waals surface area contributed by atoms with Crippen LogP contribution in [0, 0.1) is 0 Å². The average molecular weight is 462 g/mol. The summed E-state index contributed by atoms with van der Waals surface area (Å²) in [5.41, 5.74) is 3.36. The number of ether oxygens (including phenoxy) is 1. The largest absolute Gasteiger partial charge is 0.497 e. The van der Waals surface area contributed by atoms with Gasteiger partial charge in [-0.05, 0) is 35.4 Å². The zero-order valence-corrected chi connectivity index (χ0v) is 17.2. The van der Waals surface area contributed by atoms with Crippen molar-refractivity contribution in [2.24, 2.45) is 4.99 Å². The maximum Gasteiger partial charge on any atom is 0.191 e. The Kier molecular flexibility index (Phi) is 7.65. The molecule has 3 rings (SSSR count). The van der Waals surface area contributed by atoms with Crippen molar-refractivity contribution in [3.63, 3.8) is 0 Å². The molecule has 0 aliphatic rings. The van der Waals surface area contributed by atoms with Crippen LogP contribution in [-0.2, 0) is 13.1 Å². The van der Waals surface area contributed by atoms with Gasteiger partial charge in [-0.1, -0.05) is 30.3 Å². The van der Waals surface area contributed by atoms with E-state index in [0.717, 1.165) is 28.2 Å². The van der Waals surface area contributed by atoms with Crippen LogP contribution < -0.4 is 15.4 Å². The normalized spacial score (nSPS) is 10.9. The van der Waals surface area contributed by atoms with Crippen molar-refractivity contribution in [3.05, 3.63) is 71.9 Å². The van der Waals surface area contributed by atoms with Crippen molar-refractivity contribution in [2.75, 3.05) is 14.2 Å². The van der Waals surface area contributed by atoms with Gasteiger partial charge in [-0.15, -0.1) is 24.0 Å². The number of hydrogen-bond donors (Lipinski definition) is 2. The summed E-state index contributed by atoms with van der Waals surface area (Å²) >= 11 is 0. The molecule has 0 atom stereocenters. The third kappa shape index (κ3) is 5.08. The second-order valence-corrected chi connectivity index (χ2v) is 5.61. The smallest absolute Gasteiger partial charge is 0.191 e. The summed E-state index contributed by atoms with van der Waals surface area (Å²) in [6, 6.07) is 18.2. The number of para-hydroxylation sites is 1. The Morgan fingerprint density at radius 1 is 1.00 bits per heavy atom. The summed E-state index contributed by atoms with van der Waals surface area (Å²) in [6.45, 7) is 1.38. The molecule has 1 aromatic heterocycles. The first-order valence-corrected chi connectivity index (χ1v) is 8.20. The zero-order chi connectivity index (χ0) is 17.5. The highest BCUT2D eigenvalue weighted by Gasteiger charge is 2.03.